The molecule has 0 aromatic heterocycles. The average Bonchev–Trinajstić information content (AvgIpc) is 2.29. The molecule has 1 aromatic rings. The zero-order valence-corrected chi connectivity index (χ0v) is 10.6. The Labute approximate surface area is 106 Å². The van der Waals surface area contributed by atoms with E-state index in [1.807, 2.05) is 0 Å². The molecule has 1 fully saturated rings. The van der Waals surface area contributed by atoms with E-state index >= 15 is 0 Å². The van der Waals surface area contributed by atoms with Crippen LogP contribution in [0.5, 0.6) is 0 Å². The minimum atomic E-state index is -0.516. The number of ether oxygens (including phenoxy) is 1. The molecule has 0 radical (unpaired) electrons. The van der Waals surface area contributed by atoms with Crippen LogP contribution in [-0.4, -0.2) is 26.8 Å². The van der Waals surface area contributed by atoms with Crippen molar-refractivity contribution < 1.29 is 13.5 Å². The lowest BCUT2D eigenvalue weighted by molar-refractivity contribution is 0.183. The molecule has 2 rings (SSSR count). The Morgan fingerprint density at radius 2 is 2.11 bits per heavy atom. The predicted octanol–water partition coefficient (Wildman–Crippen LogP) is 2.62. The fraction of sp³-hybridized carbons (Fsp3) is 0.571. The van der Waals surface area contributed by atoms with Crippen molar-refractivity contribution in [2.45, 2.75) is 24.7 Å². The van der Waals surface area contributed by atoms with E-state index in [0.717, 1.165) is 38.4 Å². The third kappa shape index (κ3) is 2.70. The third-order valence-electron chi connectivity index (χ3n) is 3.76. The summed E-state index contributed by atoms with van der Waals surface area (Å²) in [6.07, 6.45) is 3.01. The van der Waals surface area contributed by atoms with Gasteiger partial charge in [0.05, 0.1) is 6.61 Å². The Bertz CT molecular complexity index is 405. The van der Waals surface area contributed by atoms with E-state index in [2.05, 4.69) is 5.32 Å². The number of halogens is 2. The first-order valence-electron chi connectivity index (χ1n) is 6.33. The van der Waals surface area contributed by atoms with E-state index in [1.165, 1.54) is 6.07 Å². The summed E-state index contributed by atoms with van der Waals surface area (Å²) in [7, 11) is 1.65. The molecular weight excluding hydrogens is 236 g/mol. The Balaban J connectivity index is 2.06. The van der Waals surface area contributed by atoms with Crippen LogP contribution in [0.3, 0.4) is 0 Å². The number of hydrogen-bond donors (Lipinski definition) is 1. The molecule has 1 aromatic carbocycles. The predicted molar refractivity (Wildman–Crippen MR) is 66.6 cm³/mol. The van der Waals surface area contributed by atoms with E-state index in [-0.39, 0.29) is 5.41 Å². The van der Waals surface area contributed by atoms with Gasteiger partial charge in [0.15, 0.2) is 0 Å². The van der Waals surface area contributed by atoms with Gasteiger partial charge in [-0.25, -0.2) is 8.78 Å². The number of nitrogens with one attached hydrogen (secondary N) is 1. The summed E-state index contributed by atoms with van der Waals surface area (Å²) in [6, 6.07) is 3.90. The lowest BCUT2D eigenvalue weighted by Gasteiger charge is -2.43. The summed E-state index contributed by atoms with van der Waals surface area (Å²) >= 11 is 0. The molecule has 2 nitrogen and oxygen atoms in total. The molecule has 1 aliphatic rings. The van der Waals surface area contributed by atoms with Crippen molar-refractivity contribution in [1.29, 1.82) is 0 Å². The summed E-state index contributed by atoms with van der Waals surface area (Å²) in [5.74, 6) is -0.943. The van der Waals surface area contributed by atoms with Gasteiger partial charge < -0.3 is 10.1 Å². The minimum absolute atomic E-state index is 0.161. The van der Waals surface area contributed by atoms with Crippen molar-refractivity contribution in [2.75, 3.05) is 26.8 Å². The summed E-state index contributed by atoms with van der Waals surface area (Å²) < 4.78 is 31.8. The molecule has 1 aliphatic carbocycles. The number of methoxy groups -OCH3 is 1. The molecule has 0 heterocycles. The molecule has 0 bridgehead atoms. The lowest BCUT2D eigenvalue weighted by Crippen LogP contribution is -2.45. The van der Waals surface area contributed by atoms with Crippen LogP contribution in [-0.2, 0) is 10.2 Å². The van der Waals surface area contributed by atoms with Gasteiger partial charge in [-0.2, -0.15) is 0 Å². The van der Waals surface area contributed by atoms with Gasteiger partial charge in [-0.15, -0.1) is 0 Å². The first-order valence-corrected chi connectivity index (χ1v) is 6.33. The van der Waals surface area contributed by atoms with Gasteiger partial charge in [-0.05, 0) is 24.5 Å². The summed E-state index contributed by atoms with van der Waals surface area (Å²) in [5.41, 5.74) is 0.478. The van der Waals surface area contributed by atoms with Crippen LogP contribution in [0.25, 0.3) is 0 Å². The van der Waals surface area contributed by atoms with E-state index in [1.54, 1.807) is 13.2 Å². The van der Waals surface area contributed by atoms with Gasteiger partial charge in [-0.1, -0.05) is 12.5 Å². The second-order valence-corrected chi connectivity index (χ2v) is 4.93. The first-order chi connectivity index (χ1) is 8.68. The second kappa shape index (κ2) is 5.76. The molecule has 1 N–H and O–H groups in total. The Hall–Kier alpha value is -1.00. The summed E-state index contributed by atoms with van der Waals surface area (Å²) in [4.78, 5) is 0. The van der Waals surface area contributed by atoms with Gasteiger partial charge in [-0.3, -0.25) is 0 Å². The van der Waals surface area contributed by atoms with Crippen molar-refractivity contribution >= 4 is 0 Å². The molecule has 4 heteroatoms. The number of benzene rings is 1. The molecule has 0 unspecified atom stereocenters. The summed E-state index contributed by atoms with van der Waals surface area (Å²) in [6.45, 7) is 2.11. The lowest BCUT2D eigenvalue weighted by atomic mass is 9.64. The highest BCUT2D eigenvalue weighted by Gasteiger charge is 2.40. The molecule has 0 spiro atoms. The van der Waals surface area contributed by atoms with E-state index in [4.69, 9.17) is 4.74 Å². The molecule has 1 saturated carbocycles. The fourth-order valence-corrected chi connectivity index (χ4v) is 2.57. The van der Waals surface area contributed by atoms with Gasteiger partial charge in [0, 0.05) is 31.7 Å². The molecule has 0 saturated heterocycles. The van der Waals surface area contributed by atoms with Crippen LogP contribution in [0.4, 0.5) is 8.78 Å². The van der Waals surface area contributed by atoms with Gasteiger partial charge >= 0.3 is 0 Å². The molecule has 100 valence electrons. The van der Waals surface area contributed by atoms with Crippen LogP contribution >= 0.6 is 0 Å². The average molecular weight is 255 g/mol. The van der Waals surface area contributed by atoms with Crippen LogP contribution in [0.15, 0.2) is 18.2 Å². The van der Waals surface area contributed by atoms with Crippen LogP contribution in [0.2, 0.25) is 0 Å². The van der Waals surface area contributed by atoms with E-state index < -0.39 is 11.6 Å². The van der Waals surface area contributed by atoms with Crippen LogP contribution in [0.1, 0.15) is 24.8 Å². The monoisotopic (exact) mass is 255 g/mol. The standard InChI is InChI=1S/C14H19F2NO/c1-18-8-7-17-10-14(5-2-6-14)12-4-3-11(15)9-13(12)16/h3-4,9,17H,2,5-8,10H2,1H3. The van der Waals surface area contributed by atoms with E-state index in [9.17, 15) is 8.78 Å². The van der Waals surface area contributed by atoms with Crippen molar-refractivity contribution in [3.63, 3.8) is 0 Å². The van der Waals surface area contributed by atoms with Crippen molar-refractivity contribution in [3.8, 4) is 0 Å². The van der Waals surface area contributed by atoms with Gasteiger partial charge in [0.1, 0.15) is 11.6 Å². The Morgan fingerprint density at radius 3 is 2.67 bits per heavy atom. The smallest absolute Gasteiger partial charge is 0.129 e. The maximum atomic E-state index is 13.8. The third-order valence-corrected chi connectivity index (χ3v) is 3.76. The SMILES string of the molecule is COCCNCC1(c2ccc(F)cc2F)CCC1. The maximum absolute atomic E-state index is 13.8. The topological polar surface area (TPSA) is 21.3 Å². The van der Waals surface area contributed by atoms with Crippen molar-refractivity contribution in [2.24, 2.45) is 0 Å². The van der Waals surface area contributed by atoms with Gasteiger partial charge in [0.25, 0.3) is 0 Å². The molecule has 18 heavy (non-hydrogen) atoms. The van der Waals surface area contributed by atoms with Crippen LogP contribution < -0.4 is 5.32 Å². The molecule has 0 amide bonds. The second-order valence-electron chi connectivity index (χ2n) is 4.93. The van der Waals surface area contributed by atoms with Crippen LogP contribution in [0, 0.1) is 11.6 Å². The summed E-state index contributed by atoms with van der Waals surface area (Å²) in [5, 5.41) is 3.28. The number of rotatable bonds is 6. The zero-order chi connectivity index (χ0) is 13.0. The molecule has 0 atom stereocenters. The maximum Gasteiger partial charge on any atom is 0.129 e. The Morgan fingerprint density at radius 1 is 1.33 bits per heavy atom. The largest absolute Gasteiger partial charge is 0.383 e. The normalized spacial score (nSPS) is 17.5. The number of hydrogen-bond acceptors (Lipinski definition) is 2. The molecular formula is C14H19F2NO. The Kier molecular flexibility index (Phi) is 4.30. The highest BCUT2D eigenvalue weighted by atomic mass is 19.1. The van der Waals surface area contributed by atoms with Crippen molar-refractivity contribution in [3.05, 3.63) is 35.4 Å². The first kappa shape index (κ1) is 13.4. The minimum Gasteiger partial charge on any atom is -0.383 e. The van der Waals surface area contributed by atoms with E-state index in [0.29, 0.717) is 12.2 Å². The zero-order valence-electron chi connectivity index (χ0n) is 10.6. The molecule has 0 aliphatic heterocycles. The fourth-order valence-electron chi connectivity index (χ4n) is 2.57. The quantitative estimate of drug-likeness (QED) is 0.789. The highest BCUT2D eigenvalue weighted by Crippen LogP contribution is 2.44. The van der Waals surface area contributed by atoms with Gasteiger partial charge in [0.2, 0.25) is 0 Å². The van der Waals surface area contributed by atoms with Crippen molar-refractivity contribution in [1.82, 2.24) is 5.32 Å². The highest BCUT2D eigenvalue weighted by molar-refractivity contribution is 5.30.